The van der Waals surface area contributed by atoms with Crippen molar-refractivity contribution in [3.8, 4) is 17.7 Å². The average Bonchev–Trinajstić information content (AvgIpc) is 2.34. The molecule has 17 heavy (non-hydrogen) atoms. The fraction of sp³-hybridized carbons (Fsp3) is 0. The number of nitrogens with two attached hydrogens (primary N) is 1. The first kappa shape index (κ1) is 10.9. The van der Waals surface area contributed by atoms with Crippen LogP contribution in [0.25, 0.3) is 0 Å². The van der Waals surface area contributed by atoms with E-state index in [4.69, 9.17) is 15.7 Å². The maximum Gasteiger partial charge on any atom is 0.237 e. The number of nitrogens with zero attached hydrogens (tertiary/aromatic N) is 2. The van der Waals surface area contributed by atoms with Gasteiger partial charge in [-0.1, -0.05) is 12.1 Å². The van der Waals surface area contributed by atoms with Gasteiger partial charge < -0.3 is 10.5 Å². The Morgan fingerprint density at radius 1 is 1.35 bits per heavy atom. The Balaban J connectivity index is 2.37. The first-order valence-electron chi connectivity index (χ1n) is 4.78. The molecule has 0 radical (unpaired) electrons. The number of aromatic nitrogens is 1. The van der Waals surface area contributed by atoms with Gasteiger partial charge in [0.1, 0.15) is 11.6 Å². The van der Waals surface area contributed by atoms with Crippen LogP contribution in [0.3, 0.4) is 0 Å². The minimum Gasteiger partial charge on any atom is -0.435 e. The third-order valence-electron chi connectivity index (χ3n) is 2.04. The molecule has 2 rings (SSSR count). The van der Waals surface area contributed by atoms with Crippen molar-refractivity contribution in [2.24, 2.45) is 0 Å². The molecule has 0 unspecified atom stereocenters. The Kier molecular flexibility index (Phi) is 2.88. The second-order valence-electron chi connectivity index (χ2n) is 3.27. The molecule has 0 aliphatic heterocycles. The lowest BCUT2D eigenvalue weighted by Gasteiger charge is -2.07. The number of halogens is 1. The van der Waals surface area contributed by atoms with E-state index in [9.17, 15) is 4.39 Å². The van der Waals surface area contributed by atoms with Gasteiger partial charge in [-0.3, -0.25) is 0 Å². The molecule has 0 atom stereocenters. The highest BCUT2D eigenvalue weighted by molar-refractivity contribution is 5.49. The van der Waals surface area contributed by atoms with E-state index in [0.717, 1.165) is 0 Å². The van der Waals surface area contributed by atoms with Crippen molar-refractivity contribution in [2.75, 3.05) is 5.73 Å². The van der Waals surface area contributed by atoms with E-state index >= 15 is 0 Å². The van der Waals surface area contributed by atoms with Crippen molar-refractivity contribution < 1.29 is 9.13 Å². The highest BCUT2D eigenvalue weighted by atomic mass is 19.1. The minimum absolute atomic E-state index is 0.0151. The molecule has 0 saturated heterocycles. The maximum absolute atomic E-state index is 13.3. The quantitative estimate of drug-likeness (QED) is 0.858. The Morgan fingerprint density at radius 2 is 2.12 bits per heavy atom. The Labute approximate surface area is 97.1 Å². The largest absolute Gasteiger partial charge is 0.435 e. The fourth-order valence-corrected chi connectivity index (χ4v) is 1.26. The number of hydrogen-bond acceptors (Lipinski definition) is 4. The Bertz CT molecular complexity index is 593. The molecule has 0 aliphatic carbocycles. The number of nitrogen functional groups attached to an aromatic ring is 1. The van der Waals surface area contributed by atoms with Crippen molar-refractivity contribution in [1.29, 1.82) is 5.26 Å². The van der Waals surface area contributed by atoms with Crippen LogP contribution in [0.5, 0.6) is 11.6 Å². The number of hydrogen-bond donors (Lipinski definition) is 1. The van der Waals surface area contributed by atoms with Gasteiger partial charge >= 0.3 is 0 Å². The summed E-state index contributed by atoms with van der Waals surface area (Å²) in [5, 5.41) is 8.87. The molecule has 1 aromatic carbocycles. The molecular weight excluding hydrogens is 221 g/mol. The molecule has 0 aliphatic rings. The van der Waals surface area contributed by atoms with Crippen molar-refractivity contribution in [2.45, 2.75) is 0 Å². The summed E-state index contributed by atoms with van der Waals surface area (Å²) in [5.41, 5.74) is 5.99. The molecular formula is C12H8FN3O. The highest BCUT2D eigenvalue weighted by Crippen LogP contribution is 2.25. The average molecular weight is 229 g/mol. The predicted octanol–water partition coefficient (Wildman–Crippen LogP) is 2.47. The van der Waals surface area contributed by atoms with Gasteiger partial charge in [0.15, 0.2) is 11.6 Å². The molecule has 1 aromatic heterocycles. The number of benzene rings is 1. The number of anilines is 1. The van der Waals surface area contributed by atoms with Crippen LogP contribution in [0.15, 0.2) is 36.5 Å². The minimum atomic E-state index is -0.519. The van der Waals surface area contributed by atoms with Gasteiger partial charge in [0.05, 0.1) is 11.9 Å². The van der Waals surface area contributed by atoms with Crippen molar-refractivity contribution >= 4 is 5.69 Å². The molecule has 0 amide bonds. The summed E-state index contributed by atoms with van der Waals surface area (Å²) in [4.78, 5) is 3.85. The van der Waals surface area contributed by atoms with Gasteiger partial charge in [0, 0.05) is 0 Å². The van der Waals surface area contributed by atoms with Gasteiger partial charge in [-0.2, -0.15) is 5.26 Å². The molecule has 0 fully saturated rings. The lowest BCUT2D eigenvalue weighted by atomic mass is 10.2. The summed E-state index contributed by atoms with van der Waals surface area (Å²) in [6, 6.07) is 9.19. The molecule has 0 saturated carbocycles. The fourth-order valence-electron chi connectivity index (χ4n) is 1.26. The molecule has 2 N–H and O–H groups in total. The summed E-state index contributed by atoms with van der Waals surface area (Å²) in [6.07, 6.45) is 1.34. The van der Waals surface area contributed by atoms with E-state index in [1.807, 2.05) is 6.07 Å². The monoisotopic (exact) mass is 229 g/mol. The molecule has 84 valence electrons. The van der Waals surface area contributed by atoms with Crippen LogP contribution in [-0.2, 0) is 0 Å². The van der Waals surface area contributed by atoms with Crippen LogP contribution in [0.1, 0.15) is 5.56 Å². The lowest BCUT2D eigenvalue weighted by molar-refractivity contribution is 0.426. The van der Waals surface area contributed by atoms with E-state index in [-0.39, 0.29) is 17.2 Å². The zero-order valence-electron chi connectivity index (χ0n) is 8.72. The zero-order chi connectivity index (χ0) is 12.3. The van der Waals surface area contributed by atoms with E-state index in [0.29, 0.717) is 5.69 Å². The summed E-state index contributed by atoms with van der Waals surface area (Å²) >= 11 is 0. The van der Waals surface area contributed by atoms with Crippen LogP contribution < -0.4 is 10.5 Å². The van der Waals surface area contributed by atoms with Crippen molar-refractivity contribution in [3.63, 3.8) is 0 Å². The standard InChI is InChI=1S/C12H8FN3O/c13-10-3-1-2-4-11(10)17-12-8(6-14)5-9(15)7-16-12/h1-5,7H,15H2. The number of rotatable bonds is 2. The first-order chi connectivity index (χ1) is 8.20. The van der Waals surface area contributed by atoms with Crippen LogP contribution in [-0.4, -0.2) is 4.98 Å². The molecule has 0 bridgehead atoms. The zero-order valence-corrected chi connectivity index (χ0v) is 8.72. The second kappa shape index (κ2) is 4.49. The smallest absolute Gasteiger partial charge is 0.237 e. The third kappa shape index (κ3) is 2.32. The predicted molar refractivity (Wildman–Crippen MR) is 59.8 cm³/mol. The van der Waals surface area contributed by atoms with Gasteiger partial charge in [0.25, 0.3) is 0 Å². The molecule has 5 heteroatoms. The summed E-state index contributed by atoms with van der Waals surface area (Å²) in [7, 11) is 0. The first-order valence-corrected chi connectivity index (χ1v) is 4.78. The van der Waals surface area contributed by atoms with Gasteiger partial charge in [-0.15, -0.1) is 0 Å². The van der Waals surface area contributed by atoms with Crippen LogP contribution in [0, 0.1) is 17.1 Å². The summed E-state index contributed by atoms with van der Waals surface area (Å²) in [6.45, 7) is 0. The number of nitriles is 1. The molecule has 1 heterocycles. The van der Waals surface area contributed by atoms with Crippen molar-refractivity contribution in [3.05, 3.63) is 47.9 Å². The van der Waals surface area contributed by atoms with Crippen LogP contribution in [0.4, 0.5) is 10.1 Å². The summed E-state index contributed by atoms with van der Waals surface area (Å²) < 4.78 is 18.6. The third-order valence-corrected chi connectivity index (χ3v) is 2.04. The van der Waals surface area contributed by atoms with Crippen LogP contribution in [0.2, 0.25) is 0 Å². The summed E-state index contributed by atoms with van der Waals surface area (Å²) in [5.74, 6) is -0.469. The highest BCUT2D eigenvalue weighted by Gasteiger charge is 2.09. The van der Waals surface area contributed by atoms with E-state index in [1.54, 1.807) is 12.1 Å². The lowest BCUT2D eigenvalue weighted by Crippen LogP contribution is -1.96. The van der Waals surface area contributed by atoms with E-state index < -0.39 is 5.82 Å². The Morgan fingerprint density at radius 3 is 2.82 bits per heavy atom. The van der Waals surface area contributed by atoms with Gasteiger partial charge in [0.2, 0.25) is 5.88 Å². The Hall–Kier alpha value is -2.61. The number of ether oxygens (including phenoxy) is 1. The second-order valence-corrected chi connectivity index (χ2v) is 3.27. The number of pyridine rings is 1. The van der Waals surface area contributed by atoms with Crippen LogP contribution >= 0.6 is 0 Å². The SMILES string of the molecule is N#Cc1cc(N)cnc1Oc1ccccc1F. The normalized spacial score (nSPS) is 9.65. The molecule has 2 aromatic rings. The van der Waals surface area contributed by atoms with E-state index in [2.05, 4.69) is 4.98 Å². The van der Waals surface area contributed by atoms with Crippen molar-refractivity contribution in [1.82, 2.24) is 4.98 Å². The van der Waals surface area contributed by atoms with E-state index in [1.165, 1.54) is 24.4 Å². The van der Waals surface area contributed by atoms with Gasteiger partial charge in [-0.25, -0.2) is 9.37 Å². The van der Waals surface area contributed by atoms with Gasteiger partial charge in [-0.05, 0) is 18.2 Å². The number of para-hydroxylation sites is 1. The molecule has 4 nitrogen and oxygen atoms in total. The topological polar surface area (TPSA) is 71.9 Å². The maximum atomic E-state index is 13.3. The molecule has 0 spiro atoms.